The third-order valence-electron chi connectivity index (χ3n) is 4.07. The molecule has 27 heavy (non-hydrogen) atoms. The summed E-state index contributed by atoms with van der Waals surface area (Å²) in [7, 11) is 0. The maximum absolute atomic E-state index is 12.9. The number of hydrogen-bond donors (Lipinski definition) is 2. The highest BCUT2D eigenvalue weighted by Crippen LogP contribution is 2.36. The Kier molecular flexibility index (Phi) is 5.86. The lowest BCUT2D eigenvalue weighted by atomic mass is 10.2. The van der Waals surface area contributed by atoms with Crippen molar-refractivity contribution in [2.75, 3.05) is 18.5 Å². The van der Waals surface area contributed by atoms with E-state index < -0.39 is 11.7 Å². The van der Waals surface area contributed by atoms with Crippen LogP contribution in [0.3, 0.4) is 0 Å². The van der Waals surface area contributed by atoms with E-state index in [4.69, 9.17) is 16.3 Å². The minimum absolute atomic E-state index is 0.0302. The van der Waals surface area contributed by atoms with Crippen LogP contribution in [-0.2, 0) is 10.9 Å². The summed E-state index contributed by atoms with van der Waals surface area (Å²) < 4.78 is 44.2. The van der Waals surface area contributed by atoms with Crippen molar-refractivity contribution in [2.24, 2.45) is 0 Å². The molecule has 2 aromatic rings. The van der Waals surface area contributed by atoms with Crippen molar-refractivity contribution in [3.63, 3.8) is 0 Å². The zero-order valence-corrected chi connectivity index (χ0v) is 14.9. The second-order valence-corrected chi connectivity index (χ2v) is 6.50. The number of hydrogen-bond acceptors (Lipinski definition) is 4. The number of alkyl halides is 3. The quantitative estimate of drug-likeness (QED) is 0.782. The maximum Gasteiger partial charge on any atom is 0.417 e. The molecule has 1 atom stereocenters. The van der Waals surface area contributed by atoms with Crippen molar-refractivity contribution < 1.29 is 22.7 Å². The summed E-state index contributed by atoms with van der Waals surface area (Å²) in [4.78, 5) is 16.1. The second kappa shape index (κ2) is 8.14. The fourth-order valence-electron chi connectivity index (χ4n) is 2.69. The van der Waals surface area contributed by atoms with Crippen LogP contribution < -0.4 is 10.6 Å². The minimum atomic E-state index is -4.54. The Morgan fingerprint density at radius 3 is 2.67 bits per heavy atom. The largest absolute Gasteiger partial charge is 0.417 e. The third-order valence-corrected chi connectivity index (χ3v) is 4.40. The lowest BCUT2D eigenvalue weighted by Crippen LogP contribution is -2.32. The molecule has 0 aliphatic carbocycles. The molecule has 1 aromatic carbocycles. The molecule has 5 nitrogen and oxygen atoms in total. The van der Waals surface area contributed by atoms with Crippen LogP contribution in [0, 0.1) is 0 Å². The minimum Gasteiger partial charge on any atom is -0.376 e. The van der Waals surface area contributed by atoms with E-state index in [1.807, 2.05) is 0 Å². The van der Waals surface area contributed by atoms with Crippen LogP contribution in [0.1, 0.15) is 28.9 Å². The molecule has 1 fully saturated rings. The van der Waals surface area contributed by atoms with Crippen molar-refractivity contribution in [3.8, 4) is 0 Å². The summed E-state index contributed by atoms with van der Waals surface area (Å²) in [6.07, 6.45) is -1.24. The van der Waals surface area contributed by atoms with Gasteiger partial charge in [-0.1, -0.05) is 11.6 Å². The Morgan fingerprint density at radius 1 is 1.26 bits per heavy atom. The molecule has 1 unspecified atom stereocenters. The van der Waals surface area contributed by atoms with Gasteiger partial charge in [-0.15, -0.1) is 0 Å². The number of rotatable bonds is 5. The first-order valence-electron chi connectivity index (χ1n) is 8.32. The number of pyridine rings is 1. The van der Waals surface area contributed by atoms with Crippen LogP contribution in [0.25, 0.3) is 0 Å². The van der Waals surface area contributed by atoms with Crippen molar-refractivity contribution >= 4 is 28.9 Å². The predicted octanol–water partition coefficient (Wildman–Crippen LogP) is 4.41. The van der Waals surface area contributed by atoms with Crippen LogP contribution in [0.15, 0.2) is 36.5 Å². The van der Waals surface area contributed by atoms with Crippen LogP contribution in [0.4, 0.5) is 24.5 Å². The molecule has 0 bridgehead atoms. The summed E-state index contributed by atoms with van der Waals surface area (Å²) in [6, 6.07) is 6.58. The summed E-state index contributed by atoms with van der Waals surface area (Å²) in [6.45, 7) is 1.13. The van der Waals surface area contributed by atoms with Gasteiger partial charge in [0.25, 0.3) is 5.91 Å². The SMILES string of the molecule is O=C(NCC1CCCO1)c1ccc(Nc2ccc(Cl)c(C(F)(F)F)c2)cn1. The highest BCUT2D eigenvalue weighted by atomic mass is 35.5. The van der Waals surface area contributed by atoms with Gasteiger partial charge >= 0.3 is 6.18 Å². The number of anilines is 2. The van der Waals surface area contributed by atoms with Gasteiger partial charge in [0.2, 0.25) is 0 Å². The molecule has 1 aliphatic rings. The van der Waals surface area contributed by atoms with E-state index in [-0.39, 0.29) is 28.4 Å². The number of nitrogens with zero attached hydrogens (tertiary/aromatic N) is 1. The van der Waals surface area contributed by atoms with E-state index in [2.05, 4.69) is 15.6 Å². The van der Waals surface area contributed by atoms with Gasteiger partial charge in [-0.3, -0.25) is 4.79 Å². The number of aromatic nitrogens is 1. The first-order chi connectivity index (χ1) is 12.8. The highest BCUT2D eigenvalue weighted by molar-refractivity contribution is 6.31. The summed E-state index contributed by atoms with van der Waals surface area (Å²) in [5.74, 6) is -0.331. The Hall–Kier alpha value is -2.32. The molecule has 3 rings (SSSR count). The van der Waals surface area contributed by atoms with Gasteiger partial charge in [-0.2, -0.15) is 13.2 Å². The lowest BCUT2D eigenvalue weighted by molar-refractivity contribution is -0.137. The van der Waals surface area contributed by atoms with E-state index in [0.717, 1.165) is 18.9 Å². The number of carbonyl (C=O) groups excluding carboxylic acids is 1. The van der Waals surface area contributed by atoms with Crippen LogP contribution in [0.5, 0.6) is 0 Å². The van der Waals surface area contributed by atoms with Crippen molar-refractivity contribution in [1.29, 1.82) is 0 Å². The molecule has 0 spiro atoms. The Labute approximate surface area is 158 Å². The Balaban J connectivity index is 1.63. The normalized spacial score (nSPS) is 17.0. The average molecular weight is 400 g/mol. The zero-order valence-electron chi connectivity index (χ0n) is 14.1. The van der Waals surface area contributed by atoms with Gasteiger partial charge in [-0.25, -0.2) is 4.98 Å². The van der Waals surface area contributed by atoms with Gasteiger partial charge in [0.05, 0.1) is 28.6 Å². The molecular weight excluding hydrogens is 383 g/mol. The average Bonchev–Trinajstić information content (AvgIpc) is 3.14. The lowest BCUT2D eigenvalue weighted by Gasteiger charge is -2.13. The van der Waals surface area contributed by atoms with Gasteiger partial charge in [-0.05, 0) is 43.2 Å². The van der Waals surface area contributed by atoms with Crippen molar-refractivity contribution in [1.82, 2.24) is 10.3 Å². The molecule has 1 amide bonds. The summed E-state index contributed by atoms with van der Waals surface area (Å²) in [5, 5.41) is 5.20. The Bertz CT molecular complexity index is 806. The number of amides is 1. The highest BCUT2D eigenvalue weighted by Gasteiger charge is 2.33. The fourth-order valence-corrected chi connectivity index (χ4v) is 2.92. The number of ether oxygens (including phenoxy) is 1. The number of benzene rings is 1. The maximum atomic E-state index is 12.9. The summed E-state index contributed by atoms with van der Waals surface area (Å²) in [5.41, 5.74) is -0.0527. The van der Waals surface area contributed by atoms with Crippen LogP contribution >= 0.6 is 11.6 Å². The van der Waals surface area contributed by atoms with Crippen LogP contribution in [-0.4, -0.2) is 30.1 Å². The number of halogens is 4. The monoisotopic (exact) mass is 399 g/mol. The molecule has 0 saturated carbocycles. The standard InChI is InChI=1S/C18H17ClF3N3O2/c19-15-5-3-11(8-14(15)18(20,21)22)25-12-4-6-16(23-9-12)17(26)24-10-13-2-1-7-27-13/h3-6,8-9,13,25H,1-2,7,10H2,(H,24,26). The molecule has 0 radical (unpaired) electrons. The van der Waals surface area contributed by atoms with E-state index in [9.17, 15) is 18.0 Å². The van der Waals surface area contributed by atoms with E-state index >= 15 is 0 Å². The number of nitrogens with one attached hydrogen (secondary N) is 2. The fraction of sp³-hybridized carbons (Fsp3) is 0.333. The topological polar surface area (TPSA) is 63.2 Å². The molecule has 1 saturated heterocycles. The molecule has 2 N–H and O–H groups in total. The van der Waals surface area contributed by atoms with E-state index in [1.54, 1.807) is 6.07 Å². The molecule has 1 aliphatic heterocycles. The Morgan fingerprint density at radius 2 is 2.04 bits per heavy atom. The second-order valence-electron chi connectivity index (χ2n) is 6.09. The van der Waals surface area contributed by atoms with E-state index in [1.165, 1.54) is 24.4 Å². The summed E-state index contributed by atoms with van der Waals surface area (Å²) >= 11 is 5.60. The molecule has 144 valence electrons. The number of carbonyl (C=O) groups is 1. The first kappa shape index (κ1) is 19.4. The van der Waals surface area contributed by atoms with Crippen molar-refractivity contribution in [2.45, 2.75) is 25.1 Å². The van der Waals surface area contributed by atoms with E-state index in [0.29, 0.717) is 18.8 Å². The van der Waals surface area contributed by atoms with Gasteiger partial charge in [0.15, 0.2) is 0 Å². The van der Waals surface area contributed by atoms with Gasteiger partial charge in [0, 0.05) is 18.8 Å². The molecule has 1 aromatic heterocycles. The van der Waals surface area contributed by atoms with Gasteiger partial charge in [0.1, 0.15) is 5.69 Å². The molecular formula is C18H17ClF3N3O2. The van der Waals surface area contributed by atoms with Crippen LogP contribution in [0.2, 0.25) is 5.02 Å². The third kappa shape index (κ3) is 5.11. The van der Waals surface area contributed by atoms with Crippen molar-refractivity contribution in [3.05, 3.63) is 52.8 Å². The molecule has 9 heteroatoms. The molecule has 2 heterocycles. The predicted molar refractivity (Wildman–Crippen MR) is 95.3 cm³/mol. The zero-order chi connectivity index (χ0) is 19.4. The first-order valence-corrected chi connectivity index (χ1v) is 8.70. The smallest absolute Gasteiger partial charge is 0.376 e. The van der Waals surface area contributed by atoms with Gasteiger partial charge < -0.3 is 15.4 Å².